The van der Waals surface area contributed by atoms with Gasteiger partial charge in [-0.1, -0.05) is 48.5 Å². The van der Waals surface area contributed by atoms with Crippen LogP contribution in [-0.2, 0) is 11.2 Å². The molecule has 1 fully saturated rings. The van der Waals surface area contributed by atoms with Crippen LogP contribution in [0.5, 0.6) is 0 Å². The van der Waals surface area contributed by atoms with Crippen molar-refractivity contribution in [3.63, 3.8) is 0 Å². The number of hydrogen-bond acceptors (Lipinski definition) is 2. The van der Waals surface area contributed by atoms with Gasteiger partial charge in [0.25, 0.3) is 0 Å². The molecule has 2 nitrogen and oxygen atoms in total. The molecule has 1 aromatic carbocycles. The smallest absolute Gasteiger partial charge is 0.166 e. The quantitative estimate of drug-likeness (QED) is 0.911. The number of ketones is 1. The van der Waals surface area contributed by atoms with E-state index in [-0.39, 0.29) is 18.1 Å². The first-order valence-corrected chi connectivity index (χ1v) is 7.49. The molecule has 0 bridgehead atoms. The maximum absolute atomic E-state index is 12.1. The first kappa shape index (κ1) is 14.8. The fraction of sp³-hybridized carbons (Fsp3) is 0.533. The summed E-state index contributed by atoms with van der Waals surface area (Å²) in [7, 11) is 0. The van der Waals surface area contributed by atoms with Crippen LogP contribution >= 0.6 is 23.2 Å². The topological polar surface area (TPSA) is 37.3 Å². The molecule has 1 aromatic rings. The van der Waals surface area contributed by atoms with Crippen LogP contribution in [0.1, 0.15) is 37.7 Å². The fourth-order valence-electron chi connectivity index (χ4n) is 2.69. The number of carbonyl (C=O) groups excluding carboxylic acids is 1. The molecule has 1 saturated carbocycles. The Bertz CT molecular complexity index is 433. The van der Waals surface area contributed by atoms with Crippen molar-refractivity contribution in [1.82, 2.24) is 0 Å². The minimum atomic E-state index is -0.882. The number of rotatable bonds is 4. The average Bonchev–Trinajstić information content (AvgIpc) is 2.43. The lowest BCUT2D eigenvalue weighted by atomic mass is 9.83. The van der Waals surface area contributed by atoms with Crippen LogP contribution in [0.25, 0.3) is 0 Å². The zero-order chi connectivity index (χ0) is 13.8. The first-order valence-electron chi connectivity index (χ1n) is 6.73. The molecule has 0 aliphatic heterocycles. The fourth-order valence-corrected chi connectivity index (χ4v) is 3.22. The molecule has 4 heteroatoms. The van der Waals surface area contributed by atoms with E-state index in [1.54, 1.807) is 18.2 Å². The van der Waals surface area contributed by atoms with Gasteiger partial charge in [0.2, 0.25) is 0 Å². The second kappa shape index (κ2) is 6.74. The molecule has 1 aliphatic carbocycles. The molecular weight excluding hydrogens is 283 g/mol. The summed E-state index contributed by atoms with van der Waals surface area (Å²) in [6.07, 6.45) is 4.49. The SMILES string of the molecule is O=C(Cc1c(Cl)cccc1Cl)C(O)C1CCCCC1. The highest BCUT2D eigenvalue weighted by atomic mass is 35.5. The van der Waals surface area contributed by atoms with Gasteiger partial charge in [-0.25, -0.2) is 0 Å². The number of halogens is 2. The van der Waals surface area contributed by atoms with Gasteiger partial charge >= 0.3 is 0 Å². The lowest BCUT2D eigenvalue weighted by Crippen LogP contribution is -2.32. The Labute approximate surface area is 123 Å². The molecule has 1 atom stereocenters. The Morgan fingerprint density at radius 3 is 2.37 bits per heavy atom. The Kier molecular flexibility index (Phi) is 5.26. The van der Waals surface area contributed by atoms with Crippen molar-refractivity contribution >= 4 is 29.0 Å². The highest BCUT2D eigenvalue weighted by molar-refractivity contribution is 6.36. The average molecular weight is 301 g/mol. The summed E-state index contributed by atoms with van der Waals surface area (Å²) < 4.78 is 0. The van der Waals surface area contributed by atoms with Crippen molar-refractivity contribution in [2.24, 2.45) is 5.92 Å². The monoisotopic (exact) mass is 300 g/mol. The predicted molar refractivity (Wildman–Crippen MR) is 77.8 cm³/mol. The predicted octanol–water partition coefficient (Wildman–Crippen LogP) is 4.05. The molecule has 1 unspecified atom stereocenters. The van der Waals surface area contributed by atoms with E-state index >= 15 is 0 Å². The standard InChI is InChI=1S/C15H18Cl2O2/c16-12-7-4-8-13(17)11(12)9-14(18)15(19)10-5-2-1-3-6-10/h4,7-8,10,15,19H,1-3,5-6,9H2. The molecule has 19 heavy (non-hydrogen) atoms. The number of carbonyl (C=O) groups is 1. The zero-order valence-electron chi connectivity index (χ0n) is 10.7. The second-order valence-electron chi connectivity index (χ2n) is 5.19. The van der Waals surface area contributed by atoms with E-state index in [9.17, 15) is 9.90 Å². The first-order chi connectivity index (χ1) is 9.09. The summed E-state index contributed by atoms with van der Waals surface area (Å²) in [6, 6.07) is 5.17. The van der Waals surface area contributed by atoms with Gasteiger partial charge < -0.3 is 5.11 Å². The Morgan fingerprint density at radius 2 is 1.79 bits per heavy atom. The maximum Gasteiger partial charge on any atom is 0.166 e. The highest BCUT2D eigenvalue weighted by Crippen LogP contribution is 2.29. The van der Waals surface area contributed by atoms with E-state index in [0.717, 1.165) is 25.7 Å². The normalized spacial score (nSPS) is 18.3. The number of benzene rings is 1. The third kappa shape index (κ3) is 3.71. The van der Waals surface area contributed by atoms with Gasteiger partial charge in [-0.15, -0.1) is 0 Å². The van der Waals surface area contributed by atoms with Crippen LogP contribution in [0.3, 0.4) is 0 Å². The Hall–Kier alpha value is -0.570. The van der Waals surface area contributed by atoms with Crippen molar-refractivity contribution in [2.75, 3.05) is 0 Å². The van der Waals surface area contributed by atoms with Gasteiger partial charge in [0.15, 0.2) is 5.78 Å². The number of aliphatic hydroxyl groups excluding tert-OH is 1. The minimum Gasteiger partial charge on any atom is -0.385 e. The molecule has 1 aliphatic rings. The van der Waals surface area contributed by atoms with Crippen molar-refractivity contribution in [3.05, 3.63) is 33.8 Å². The third-order valence-corrected chi connectivity index (χ3v) is 4.55. The zero-order valence-corrected chi connectivity index (χ0v) is 12.3. The molecule has 0 radical (unpaired) electrons. The second-order valence-corrected chi connectivity index (χ2v) is 6.00. The highest BCUT2D eigenvalue weighted by Gasteiger charge is 2.28. The minimum absolute atomic E-state index is 0.0995. The van der Waals surface area contributed by atoms with Crippen LogP contribution in [0.15, 0.2) is 18.2 Å². The third-order valence-electron chi connectivity index (χ3n) is 3.84. The molecule has 0 heterocycles. The van der Waals surface area contributed by atoms with E-state index in [4.69, 9.17) is 23.2 Å². The number of aliphatic hydroxyl groups is 1. The Balaban J connectivity index is 2.04. The van der Waals surface area contributed by atoms with Crippen molar-refractivity contribution in [1.29, 1.82) is 0 Å². The van der Waals surface area contributed by atoms with Gasteiger partial charge in [0.1, 0.15) is 6.10 Å². The summed E-state index contributed by atoms with van der Waals surface area (Å²) in [5.41, 5.74) is 0.616. The summed E-state index contributed by atoms with van der Waals surface area (Å²) in [6.45, 7) is 0. The molecule has 1 N–H and O–H groups in total. The van der Waals surface area contributed by atoms with Crippen LogP contribution < -0.4 is 0 Å². The summed E-state index contributed by atoms with van der Waals surface area (Å²) in [5, 5.41) is 11.1. The lowest BCUT2D eigenvalue weighted by molar-refractivity contribution is -0.129. The summed E-state index contributed by atoms with van der Waals surface area (Å²) >= 11 is 12.1. The van der Waals surface area contributed by atoms with Gasteiger partial charge in [0.05, 0.1) is 0 Å². The van der Waals surface area contributed by atoms with Gasteiger partial charge in [-0.05, 0) is 36.5 Å². The lowest BCUT2D eigenvalue weighted by Gasteiger charge is -2.25. The largest absolute Gasteiger partial charge is 0.385 e. The molecule has 0 spiro atoms. The Morgan fingerprint density at radius 1 is 1.21 bits per heavy atom. The van der Waals surface area contributed by atoms with E-state index in [2.05, 4.69) is 0 Å². The van der Waals surface area contributed by atoms with E-state index in [1.165, 1.54) is 6.42 Å². The van der Waals surface area contributed by atoms with Gasteiger partial charge in [0, 0.05) is 16.5 Å². The molecule has 104 valence electrons. The van der Waals surface area contributed by atoms with Crippen LogP contribution in [0, 0.1) is 5.92 Å². The van der Waals surface area contributed by atoms with Crippen molar-refractivity contribution < 1.29 is 9.90 Å². The molecule has 2 rings (SSSR count). The van der Waals surface area contributed by atoms with Crippen LogP contribution in [-0.4, -0.2) is 17.0 Å². The van der Waals surface area contributed by atoms with Gasteiger partial charge in [-0.2, -0.15) is 0 Å². The van der Waals surface area contributed by atoms with Crippen molar-refractivity contribution in [3.8, 4) is 0 Å². The molecule has 0 aromatic heterocycles. The number of hydrogen-bond donors (Lipinski definition) is 1. The number of Topliss-reactive ketones (excluding diaryl/α,β-unsaturated/α-hetero) is 1. The van der Waals surface area contributed by atoms with Crippen molar-refractivity contribution in [2.45, 2.75) is 44.6 Å². The van der Waals surface area contributed by atoms with E-state index in [1.807, 2.05) is 0 Å². The summed E-state index contributed by atoms with van der Waals surface area (Å²) in [4.78, 5) is 12.1. The van der Waals surface area contributed by atoms with Gasteiger partial charge in [-0.3, -0.25) is 4.79 Å². The van der Waals surface area contributed by atoms with Crippen LogP contribution in [0.4, 0.5) is 0 Å². The molecule has 0 amide bonds. The molecule has 0 saturated heterocycles. The molecular formula is C15H18Cl2O2. The van der Waals surface area contributed by atoms with E-state index < -0.39 is 6.10 Å². The van der Waals surface area contributed by atoms with Crippen LogP contribution in [0.2, 0.25) is 10.0 Å². The summed E-state index contributed by atoms with van der Waals surface area (Å²) in [5.74, 6) is -0.0792. The maximum atomic E-state index is 12.1. The van der Waals surface area contributed by atoms with E-state index in [0.29, 0.717) is 15.6 Å².